The molecule has 3 aromatic rings. The van der Waals surface area contributed by atoms with E-state index in [9.17, 15) is 9.18 Å². The molecule has 0 aliphatic heterocycles. The smallest absolute Gasteiger partial charge is 0.251 e. The predicted octanol–water partition coefficient (Wildman–Crippen LogP) is 1.74. The number of amides is 1. The van der Waals surface area contributed by atoms with Crippen LogP contribution in [-0.4, -0.2) is 33.2 Å². The number of carbonyl (C=O) groups is 1. The molecule has 122 valence electrons. The molecule has 0 fully saturated rings. The van der Waals surface area contributed by atoms with Crippen LogP contribution in [0.2, 0.25) is 0 Å². The van der Waals surface area contributed by atoms with Crippen molar-refractivity contribution in [2.75, 3.05) is 7.11 Å². The number of halogens is 1. The molecule has 2 aromatic carbocycles. The van der Waals surface area contributed by atoms with E-state index in [1.807, 2.05) is 0 Å². The van der Waals surface area contributed by atoms with Crippen molar-refractivity contribution < 1.29 is 13.9 Å². The molecule has 24 heavy (non-hydrogen) atoms. The van der Waals surface area contributed by atoms with E-state index in [2.05, 4.69) is 20.8 Å². The van der Waals surface area contributed by atoms with Crippen LogP contribution in [0.25, 0.3) is 5.69 Å². The van der Waals surface area contributed by atoms with E-state index in [1.165, 1.54) is 23.9 Å². The molecule has 1 aromatic heterocycles. The lowest BCUT2D eigenvalue weighted by molar-refractivity contribution is 0.0949. The van der Waals surface area contributed by atoms with Gasteiger partial charge in [-0.2, -0.15) is 4.68 Å². The van der Waals surface area contributed by atoms with E-state index in [-0.39, 0.29) is 18.3 Å². The molecule has 0 bridgehead atoms. The van der Waals surface area contributed by atoms with Crippen molar-refractivity contribution in [3.63, 3.8) is 0 Å². The molecule has 0 aliphatic carbocycles. The molecule has 1 amide bonds. The highest BCUT2D eigenvalue weighted by molar-refractivity contribution is 5.94. The number of nitrogens with one attached hydrogen (secondary N) is 1. The molecular weight excluding hydrogens is 313 g/mol. The molecule has 0 atom stereocenters. The maximum absolute atomic E-state index is 13.0. The van der Waals surface area contributed by atoms with Gasteiger partial charge in [0, 0.05) is 5.56 Å². The van der Waals surface area contributed by atoms with E-state index in [1.54, 1.807) is 36.4 Å². The SMILES string of the molecule is COc1cccc(C(=O)NCc2nnnn2-c2ccc(F)cc2)c1. The Balaban J connectivity index is 1.72. The first kappa shape index (κ1) is 15.6. The third-order valence-electron chi connectivity index (χ3n) is 3.34. The maximum Gasteiger partial charge on any atom is 0.251 e. The van der Waals surface area contributed by atoms with Gasteiger partial charge in [0.1, 0.15) is 11.6 Å². The summed E-state index contributed by atoms with van der Waals surface area (Å²) in [5.74, 6) is 0.402. The first-order chi connectivity index (χ1) is 11.7. The number of nitrogens with zero attached hydrogens (tertiary/aromatic N) is 4. The molecule has 0 spiro atoms. The van der Waals surface area contributed by atoms with E-state index in [0.29, 0.717) is 22.8 Å². The van der Waals surface area contributed by atoms with Crippen molar-refractivity contribution in [1.29, 1.82) is 0 Å². The minimum Gasteiger partial charge on any atom is -0.497 e. The van der Waals surface area contributed by atoms with Crippen molar-refractivity contribution in [3.05, 3.63) is 65.7 Å². The van der Waals surface area contributed by atoms with Crippen LogP contribution in [-0.2, 0) is 6.54 Å². The van der Waals surface area contributed by atoms with Gasteiger partial charge in [0.2, 0.25) is 0 Å². The topological polar surface area (TPSA) is 81.9 Å². The second-order valence-corrected chi connectivity index (χ2v) is 4.90. The highest BCUT2D eigenvalue weighted by Crippen LogP contribution is 2.13. The predicted molar refractivity (Wildman–Crippen MR) is 83.3 cm³/mol. The maximum atomic E-state index is 13.0. The number of methoxy groups -OCH3 is 1. The minimum atomic E-state index is -0.347. The lowest BCUT2D eigenvalue weighted by Crippen LogP contribution is -2.24. The molecule has 0 aliphatic rings. The van der Waals surface area contributed by atoms with Gasteiger partial charge in [-0.25, -0.2) is 4.39 Å². The van der Waals surface area contributed by atoms with E-state index in [4.69, 9.17) is 4.74 Å². The summed E-state index contributed by atoms with van der Waals surface area (Å²) < 4.78 is 19.5. The van der Waals surface area contributed by atoms with Crippen molar-refractivity contribution in [3.8, 4) is 11.4 Å². The Bertz CT molecular complexity index is 848. The molecule has 0 unspecified atom stereocenters. The monoisotopic (exact) mass is 327 g/mol. The Morgan fingerprint density at radius 1 is 1.25 bits per heavy atom. The first-order valence-electron chi connectivity index (χ1n) is 7.13. The zero-order chi connectivity index (χ0) is 16.9. The molecule has 3 rings (SSSR count). The summed E-state index contributed by atoms with van der Waals surface area (Å²) in [5, 5.41) is 14.1. The molecule has 1 N–H and O–H groups in total. The summed E-state index contributed by atoms with van der Waals surface area (Å²) in [6.07, 6.45) is 0. The number of benzene rings is 2. The van der Waals surface area contributed by atoms with Gasteiger partial charge < -0.3 is 10.1 Å². The van der Waals surface area contributed by atoms with Gasteiger partial charge in [-0.3, -0.25) is 4.79 Å². The number of carbonyl (C=O) groups excluding carboxylic acids is 1. The number of hydrogen-bond donors (Lipinski definition) is 1. The number of aromatic nitrogens is 4. The normalized spacial score (nSPS) is 10.4. The van der Waals surface area contributed by atoms with Crippen LogP contribution >= 0.6 is 0 Å². The fourth-order valence-electron chi connectivity index (χ4n) is 2.12. The average Bonchev–Trinajstić information content (AvgIpc) is 3.09. The highest BCUT2D eigenvalue weighted by atomic mass is 19.1. The molecular formula is C16H14FN5O2. The summed E-state index contributed by atoms with van der Waals surface area (Å²) in [7, 11) is 1.54. The minimum absolute atomic E-state index is 0.125. The molecule has 0 saturated heterocycles. The quantitative estimate of drug-likeness (QED) is 0.772. The van der Waals surface area contributed by atoms with Gasteiger partial charge in [0.05, 0.1) is 19.3 Å². The first-order valence-corrected chi connectivity index (χ1v) is 7.13. The van der Waals surface area contributed by atoms with Crippen LogP contribution in [0.1, 0.15) is 16.2 Å². The van der Waals surface area contributed by atoms with Gasteiger partial charge in [0.25, 0.3) is 5.91 Å². The molecule has 8 heteroatoms. The van der Waals surface area contributed by atoms with Crippen LogP contribution in [0, 0.1) is 5.82 Å². The van der Waals surface area contributed by atoms with Gasteiger partial charge in [-0.1, -0.05) is 6.07 Å². The summed E-state index contributed by atoms with van der Waals surface area (Å²) in [4.78, 5) is 12.2. The van der Waals surface area contributed by atoms with E-state index in [0.717, 1.165) is 0 Å². The van der Waals surface area contributed by atoms with Crippen LogP contribution in [0.5, 0.6) is 5.75 Å². The highest BCUT2D eigenvalue weighted by Gasteiger charge is 2.11. The lowest BCUT2D eigenvalue weighted by atomic mass is 10.2. The number of ether oxygens (including phenoxy) is 1. The third kappa shape index (κ3) is 3.37. The van der Waals surface area contributed by atoms with Crippen molar-refractivity contribution in [2.45, 2.75) is 6.54 Å². The number of tetrazole rings is 1. The Labute approximate surface area is 137 Å². The molecule has 1 heterocycles. The second-order valence-electron chi connectivity index (χ2n) is 4.90. The van der Waals surface area contributed by atoms with Crippen LogP contribution in [0.15, 0.2) is 48.5 Å². The summed E-state index contributed by atoms with van der Waals surface area (Å²) in [6, 6.07) is 12.5. The van der Waals surface area contributed by atoms with E-state index >= 15 is 0 Å². The fraction of sp³-hybridized carbons (Fsp3) is 0.125. The van der Waals surface area contributed by atoms with Crippen LogP contribution < -0.4 is 10.1 Å². The van der Waals surface area contributed by atoms with Crippen LogP contribution in [0.4, 0.5) is 4.39 Å². The van der Waals surface area contributed by atoms with Gasteiger partial charge in [-0.05, 0) is 52.9 Å². The van der Waals surface area contributed by atoms with E-state index < -0.39 is 0 Å². The summed E-state index contributed by atoms with van der Waals surface area (Å²) >= 11 is 0. The number of hydrogen-bond acceptors (Lipinski definition) is 5. The molecule has 7 nitrogen and oxygen atoms in total. The lowest BCUT2D eigenvalue weighted by Gasteiger charge is -2.07. The molecule has 0 radical (unpaired) electrons. The Kier molecular flexibility index (Phi) is 4.46. The van der Waals surface area contributed by atoms with Gasteiger partial charge >= 0.3 is 0 Å². The summed E-state index contributed by atoms with van der Waals surface area (Å²) in [5.41, 5.74) is 1.07. The Morgan fingerprint density at radius 3 is 2.79 bits per heavy atom. The zero-order valence-electron chi connectivity index (χ0n) is 12.8. The average molecular weight is 327 g/mol. The third-order valence-corrected chi connectivity index (χ3v) is 3.34. The van der Waals surface area contributed by atoms with Crippen molar-refractivity contribution in [2.24, 2.45) is 0 Å². The van der Waals surface area contributed by atoms with Crippen molar-refractivity contribution >= 4 is 5.91 Å². The fourth-order valence-corrected chi connectivity index (χ4v) is 2.12. The Hall–Kier alpha value is -3.29. The largest absolute Gasteiger partial charge is 0.497 e. The van der Waals surface area contributed by atoms with Crippen molar-refractivity contribution in [1.82, 2.24) is 25.5 Å². The summed E-state index contributed by atoms with van der Waals surface area (Å²) in [6.45, 7) is 0.125. The van der Waals surface area contributed by atoms with Crippen LogP contribution in [0.3, 0.4) is 0 Å². The van der Waals surface area contributed by atoms with Gasteiger partial charge in [-0.15, -0.1) is 5.10 Å². The number of rotatable bonds is 5. The standard InChI is InChI=1S/C16H14FN5O2/c1-24-14-4-2-3-11(9-14)16(23)18-10-15-19-20-21-22(15)13-7-5-12(17)6-8-13/h2-9H,10H2,1H3,(H,18,23). The van der Waals surface area contributed by atoms with Gasteiger partial charge in [0.15, 0.2) is 5.82 Å². The Morgan fingerprint density at radius 2 is 2.04 bits per heavy atom. The second kappa shape index (κ2) is 6.86. The zero-order valence-corrected chi connectivity index (χ0v) is 12.8. The molecule has 0 saturated carbocycles.